The van der Waals surface area contributed by atoms with Crippen LogP contribution >= 0.6 is 11.3 Å². The van der Waals surface area contributed by atoms with Gasteiger partial charge < -0.3 is 9.47 Å². The minimum Gasteiger partial charge on any atom is -0.491 e. The number of hydrogen-bond acceptors (Lipinski definition) is 6. The topological polar surface area (TPSA) is 89.6 Å². The first kappa shape index (κ1) is 27.0. The normalized spacial score (nSPS) is 12.5. The molecule has 1 aromatic carbocycles. The zero-order valence-corrected chi connectivity index (χ0v) is 22.0. The van der Waals surface area contributed by atoms with Gasteiger partial charge in [0, 0.05) is 12.6 Å². The fraction of sp³-hybridized carbons (Fsp3) is 0.680. The van der Waals surface area contributed by atoms with Crippen LogP contribution in [0.4, 0.5) is 15.6 Å². The van der Waals surface area contributed by atoms with E-state index in [1.165, 1.54) is 11.3 Å². The number of carbonyl (C=O) groups excluding carboxylic acids is 1. The maximum atomic E-state index is 12.6. The van der Waals surface area contributed by atoms with Gasteiger partial charge in [-0.3, -0.25) is 4.90 Å². The smallest absolute Gasteiger partial charge is 0.416 e. The highest BCUT2D eigenvalue weighted by atomic mass is 32.1. The average molecular weight is 478 g/mol. The Morgan fingerprint density at radius 1 is 1.24 bits per heavy atom. The van der Waals surface area contributed by atoms with Gasteiger partial charge in [-0.25, -0.2) is 9.78 Å². The number of unbranched alkanes of at least 4 members (excludes halogenated alkanes) is 3. The molecule has 0 radical (unpaired) electrons. The fourth-order valence-electron chi connectivity index (χ4n) is 3.94. The van der Waals surface area contributed by atoms with E-state index >= 15 is 0 Å². The molecule has 0 aliphatic heterocycles. The first-order valence-electron chi connectivity index (χ1n) is 12.1. The molecule has 184 valence electrons. The fourth-order valence-corrected chi connectivity index (χ4v) is 4.94. The van der Waals surface area contributed by atoms with Gasteiger partial charge in [-0.15, -0.1) is 0 Å². The summed E-state index contributed by atoms with van der Waals surface area (Å²) in [5, 5.41) is 4.54. The number of carbonyl (C=O) groups is 1. The number of thiazole rings is 1. The molecule has 1 unspecified atom stereocenters. The standard InChI is InChI=1S/C25H40N4O3S/c1-7-9-10-11-13-29(24(30)31-8-2)23-27-20-15-21(19(28-26)16-22(20)33-23)32-14-12-18(3)17-25(4,5)6/h15-16,18,26H,7-14,17H2,1-6H3/p+1. The summed E-state index contributed by atoms with van der Waals surface area (Å²) in [5.41, 5.74) is 7.31. The number of nitrogens with zero attached hydrogens (tertiary/aromatic N) is 3. The number of rotatable bonds is 13. The molecule has 1 heterocycles. The van der Waals surface area contributed by atoms with E-state index in [1.807, 2.05) is 19.1 Å². The highest BCUT2D eigenvalue weighted by Crippen LogP contribution is 2.38. The molecule has 33 heavy (non-hydrogen) atoms. The number of amides is 1. The van der Waals surface area contributed by atoms with Crippen molar-refractivity contribution in [2.75, 3.05) is 24.7 Å². The largest absolute Gasteiger partial charge is 0.491 e. The summed E-state index contributed by atoms with van der Waals surface area (Å²) >= 11 is 1.44. The van der Waals surface area contributed by atoms with Gasteiger partial charge >= 0.3 is 6.09 Å². The van der Waals surface area contributed by atoms with Crippen LogP contribution in [0.3, 0.4) is 0 Å². The first-order chi connectivity index (χ1) is 15.7. The van der Waals surface area contributed by atoms with E-state index in [-0.39, 0.29) is 6.09 Å². The third-order valence-electron chi connectivity index (χ3n) is 5.38. The lowest BCUT2D eigenvalue weighted by molar-refractivity contribution is -0.210. The SMILES string of the molecule is CCCCCCN(C(=O)OCC)c1nc2cc(OCCC(C)CC(C)(C)C)c(N=[NH2+])cc2s1. The Kier molecular flexibility index (Phi) is 10.5. The van der Waals surface area contributed by atoms with Crippen LogP contribution in [0.2, 0.25) is 0 Å². The van der Waals surface area contributed by atoms with Crippen molar-refractivity contribution in [1.29, 1.82) is 0 Å². The molecule has 0 aliphatic rings. The van der Waals surface area contributed by atoms with Gasteiger partial charge in [0.15, 0.2) is 16.6 Å². The third-order valence-corrected chi connectivity index (χ3v) is 6.42. The summed E-state index contributed by atoms with van der Waals surface area (Å²) in [7, 11) is 0. The molecule has 1 atom stereocenters. The van der Waals surface area contributed by atoms with Crippen molar-refractivity contribution in [3.63, 3.8) is 0 Å². The van der Waals surface area contributed by atoms with Crippen molar-refractivity contribution in [2.24, 2.45) is 16.4 Å². The minimum absolute atomic E-state index is 0.300. The van der Waals surface area contributed by atoms with Crippen LogP contribution < -0.4 is 15.2 Å². The van der Waals surface area contributed by atoms with E-state index in [9.17, 15) is 4.79 Å². The van der Waals surface area contributed by atoms with Gasteiger partial charge in [-0.2, -0.15) is 5.53 Å². The number of nitrogens with two attached hydrogens (primary N) is 1. The van der Waals surface area contributed by atoms with Gasteiger partial charge in [-0.05, 0) is 48.7 Å². The zero-order valence-electron chi connectivity index (χ0n) is 21.1. The number of fused-ring (bicyclic) bond motifs is 1. The molecule has 0 saturated heterocycles. The lowest BCUT2D eigenvalue weighted by atomic mass is 9.84. The van der Waals surface area contributed by atoms with Crippen molar-refractivity contribution in [1.82, 2.24) is 4.98 Å². The van der Waals surface area contributed by atoms with Crippen LogP contribution in [0.1, 0.15) is 80.1 Å². The van der Waals surface area contributed by atoms with Crippen molar-refractivity contribution in [2.45, 2.75) is 80.1 Å². The molecule has 2 N–H and O–H groups in total. The molecule has 0 bridgehead atoms. The Bertz CT molecular complexity index is 907. The highest BCUT2D eigenvalue weighted by molar-refractivity contribution is 7.22. The number of benzene rings is 1. The van der Waals surface area contributed by atoms with Crippen molar-refractivity contribution < 1.29 is 19.8 Å². The molecule has 1 aromatic heterocycles. The first-order valence-corrected chi connectivity index (χ1v) is 12.9. The Morgan fingerprint density at radius 3 is 2.64 bits per heavy atom. The number of anilines is 1. The van der Waals surface area contributed by atoms with Crippen LogP contribution in [0, 0.1) is 11.3 Å². The molecule has 2 rings (SSSR count). The molecular formula is C25H41N4O3S+. The summed E-state index contributed by atoms with van der Waals surface area (Å²) in [6, 6.07) is 3.75. The van der Waals surface area contributed by atoms with E-state index in [0.717, 1.165) is 48.7 Å². The van der Waals surface area contributed by atoms with Gasteiger partial charge in [-0.1, -0.05) is 65.2 Å². The van der Waals surface area contributed by atoms with Crippen LogP contribution in [0.15, 0.2) is 17.2 Å². The summed E-state index contributed by atoms with van der Waals surface area (Å²) in [5.74, 6) is 1.18. The van der Waals surface area contributed by atoms with Crippen LogP contribution in [-0.2, 0) is 4.74 Å². The molecule has 7 nitrogen and oxygen atoms in total. The van der Waals surface area contributed by atoms with Gasteiger partial charge in [0.05, 0.1) is 23.4 Å². The number of hydrogen-bond donors (Lipinski definition) is 1. The predicted molar refractivity (Wildman–Crippen MR) is 135 cm³/mol. The Labute approximate surface area is 202 Å². The molecule has 0 saturated carbocycles. The van der Waals surface area contributed by atoms with E-state index in [4.69, 9.17) is 20.0 Å². The summed E-state index contributed by atoms with van der Waals surface area (Å²) < 4.78 is 12.2. The van der Waals surface area contributed by atoms with Gasteiger partial charge in [0.1, 0.15) is 0 Å². The zero-order chi connectivity index (χ0) is 24.4. The summed E-state index contributed by atoms with van der Waals surface area (Å²) in [4.78, 5) is 18.9. The van der Waals surface area contributed by atoms with E-state index in [2.05, 4.69) is 39.7 Å². The van der Waals surface area contributed by atoms with Crippen LogP contribution in [0.5, 0.6) is 5.75 Å². The molecule has 1 amide bonds. The molecular weight excluding hydrogens is 436 g/mol. The van der Waals surface area contributed by atoms with E-state index in [0.29, 0.717) is 47.7 Å². The van der Waals surface area contributed by atoms with Crippen molar-refractivity contribution in [3.05, 3.63) is 12.1 Å². The van der Waals surface area contributed by atoms with Gasteiger partial charge in [0.2, 0.25) is 0 Å². The van der Waals surface area contributed by atoms with Crippen LogP contribution in [0.25, 0.3) is 10.2 Å². The van der Waals surface area contributed by atoms with Crippen molar-refractivity contribution >= 4 is 38.5 Å². The lowest BCUT2D eigenvalue weighted by Gasteiger charge is -2.23. The minimum atomic E-state index is -0.360. The van der Waals surface area contributed by atoms with E-state index in [1.54, 1.807) is 4.90 Å². The second-order valence-corrected chi connectivity index (χ2v) is 10.8. The summed E-state index contributed by atoms with van der Waals surface area (Å²) in [6.45, 7) is 14.5. The molecule has 0 spiro atoms. The Hall–Kier alpha value is -2.22. The Balaban J connectivity index is 2.18. The van der Waals surface area contributed by atoms with Crippen molar-refractivity contribution in [3.8, 4) is 5.75 Å². The molecule has 0 fully saturated rings. The molecule has 8 heteroatoms. The monoisotopic (exact) mass is 477 g/mol. The van der Waals surface area contributed by atoms with Crippen LogP contribution in [-0.4, -0.2) is 30.8 Å². The van der Waals surface area contributed by atoms with E-state index < -0.39 is 0 Å². The highest BCUT2D eigenvalue weighted by Gasteiger charge is 2.22. The second-order valence-electron chi connectivity index (χ2n) is 9.83. The third kappa shape index (κ3) is 8.57. The lowest BCUT2D eigenvalue weighted by Crippen LogP contribution is -2.32. The quantitative estimate of drug-likeness (QED) is 0.262. The maximum Gasteiger partial charge on any atom is 0.416 e. The van der Waals surface area contributed by atoms with Gasteiger partial charge in [0.25, 0.3) is 0 Å². The number of aromatic nitrogens is 1. The Morgan fingerprint density at radius 2 is 2.00 bits per heavy atom. The number of ether oxygens (including phenoxy) is 2. The second kappa shape index (κ2) is 12.9. The average Bonchev–Trinajstić information content (AvgIpc) is 3.14. The maximum absolute atomic E-state index is 12.6. The summed E-state index contributed by atoms with van der Waals surface area (Å²) in [6.07, 6.45) is 6.00. The predicted octanol–water partition coefficient (Wildman–Crippen LogP) is 6.52. The molecule has 2 aromatic rings. The molecule has 0 aliphatic carbocycles.